The zero-order valence-electron chi connectivity index (χ0n) is 12.6. The van der Waals surface area contributed by atoms with Crippen molar-refractivity contribution in [3.8, 4) is 0 Å². The molecule has 2 aromatic rings. The van der Waals surface area contributed by atoms with Crippen LogP contribution < -0.4 is 10.2 Å². The number of amides is 1. The first-order chi connectivity index (χ1) is 11.2. The summed E-state index contributed by atoms with van der Waals surface area (Å²) < 4.78 is 0. The number of aromatic nitrogens is 2. The Kier molecular flexibility index (Phi) is 3.54. The highest BCUT2D eigenvalue weighted by Gasteiger charge is 2.46. The number of halogens is 1. The van der Waals surface area contributed by atoms with Crippen LogP contribution in [0.4, 0.5) is 5.82 Å². The standard InChI is InChI=1S/C17H17ClN4O/c18-14-10-12(3-7-20-14)16(23)22-11-17(4-8-19-9-5-17)13-2-1-6-21-15(13)22/h1-3,6-7,10,19H,4-5,8-9,11H2. The van der Waals surface area contributed by atoms with Crippen molar-refractivity contribution >= 4 is 23.3 Å². The van der Waals surface area contributed by atoms with Crippen molar-refractivity contribution in [2.75, 3.05) is 24.5 Å². The van der Waals surface area contributed by atoms with E-state index in [1.54, 1.807) is 29.4 Å². The largest absolute Gasteiger partial charge is 0.317 e. The summed E-state index contributed by atoms with van der Waals surface area (Å²) in [6, 6.07) is 7.38. The molecule has 0 atom stereocenters. The molecule has 2 aliphatic heterocycles. The highest BCUT2D eigenvalue weighted by atomic mass is 35.5. The minimum atomic E-state index is -0.0651. The smallest absolute Gasteiger partial charge is 0.259 e. The summed E-state index contributed by atoms with van der Waals surface area (Å²) in [5.74, 6) is 0.719. The van der Waals surface area contributed by atoms with Crippen LogP contribution in [0.15, 0.2) is 36.7 Å². The van der Waals surface area contributed by atoms with Crippen molar-refractivity contribution in [1.82, 2.24) is 15.3 Å². The minimum Gasteiger partial charge on any atom is -0.317 e. The van der Waals surface area contributed by atoms with Gasteiger partial charge >= 0.3 is 0 Å². The lowest BCUT2D eigenvalue weighted by atomic mass is 9.75. The second-order valence-electron chi connectivity index (χ2n) is 6.16. The molecule has 0 radical (unpaired) electrons. The number of pyridine rings is 2. The van der Waals surface area contributed by atoms with E-state index < -0.39 is 0 Å². The van der Waals surface area contributed by atoms with Crippen LogP contribution in [0.25, 0.3) is 0 Å². The molecule has 0 aliphatic carbocycles. The Morgan fingerprint density at radius 3 is 2.83 bits per heavy atom. The summed E-state index contributed by atoms with van der Waals surface area (Å²) in [6.45, 7) is 2.62. The number of rotatable bonds is 1. The van der Waals surface area contributed by atoms with Crippen LogP contribution in [0.1, 0.15) is 28.8 Å². The van der Waals surface area contributed by atoms with Crippen LogP contribution in [0.3, 0.4) is 0 Å². The predicted octanol–water partition coefficient (Wildman–Crippen LogP) is 2.41. The van der Waals surface area contributed by atoms with Gasteiger partial charge in [0, 0.05) is 35.5 Å². The fourth-order valence-corrected chi connectivity index (χ4v) is 3.85. The minimum absolute atomic E-state index is 0.0152. The monoisotopic (exact) mass is 328 g/mol. The molecule has 1 amide bonds. The normalized spacial score (nSPS) is 18.9. The van der Waals surface area contributed by atoms with Crippen molar-refractivity contribution < 1.29 is 4.79 Å². The Morgan fingerprint density at radius 2 is 2.04 bits per heavy atom. The Labute approximate surface area is 139 Å². The molecule has 4 heterocycles. The number of carbonyl (C=O) groups excluding carboxylic acids is 1. The van der Waals surface area contributed by atoms with Crippen LogP contribution >= 0.6 is 11.6 Å². The fraction of sp³-hybridized carbons (Fsp3) is 0.353. The lowest BCUT2D eigenvalue weighted by Gasteiger charge is -2.34. The molecule has 2 aliphatic rings. The number of nitrogens with one attached hydrogen (secondary N) is 1. The maximum absolute atomic E-state index is 13.0. The molecule has 1 N–H and O–H groups in total. The van der Waals surface area contributed by atoms with Gasteiger partial charge in [0.15, 0.2) is 0 Å². The molecular weight excluding hydrogens is 312 g/mol. The second kappa shape index (κ2) is 5.58. The third kappa shape index (κ3) is 2.40. The molecule has 2 aromatic heterocycles. The summed E-state index contributed by atoms with van der Waals surface area (Å²) in [5, 5.41) is 3.73. The predicted molar refractivity (Wildman–Crippen MR) is 88.9 cm³/mol. The van der Waals surface area contributed by atoms with Gasteiger partial charge in [0.2, 0.25) is 0 Å². The second-order valence-corrected chi connectivity index (χ2v) is 6.55. The Hall–Kier alpha value is -1.98. The molecule has 1 saturated heterocycles. The van der Waals surface area contributed by atoms with Gasteiger partial charge in [-0.25, -0.2) is 9.97 Å². The van der Waals surface area contributed by atoms with Crippen molar-refractivity contribution in [3.63, 3.8) is 0 Å². The van der Waals surface area contributed by atoms with Crippen molar-refractivity contribution in [1.29, 1.82) is 0 Å². The fourth-order valence-electron chi connectivity index (χ4n) is 3.68. The van der Waals surface area contributed by atoms with E-state index in [0.717, 1.165) is 31.7 Å². The number of piperidine rings is 1. The van der Waals surface area contributed by atoms with E-state index in [1.165, 1.54) is 5.56 Å². The van der Waals surface area contributed by atoms with Crippen LogP contribution in [-0.4, -0.2) is 35.5 Å². The molecule has 1 spiro atoms. The Bertz CT molecular complexity index is 758. The third-order valence-corrected chi connectivity index (χ3v) is 5.06. The van der Waals surface area contributed by atoms with Crippen molar-refractivity contribution in [2.45, 2.75) is 18.3 Å². The Balaban J connectivity index is 1.74. The SMILES string of the molecule is O=C(c1ccnc(Cl)c1)N1CC2(CCNCC2)c2cccnc21. The maximum atomic E-state index is 13.0. The highest BCUT2D eigenvalue weighted by molar-refractivity contribution is 6.29. The first kappa shape index (κ1) is 14.6. The van der Waals surface area contributed by atoms with Gasteiger partial charge in [0.05, 0.1) is 0 Å². The van der Waals surface area contributed by atoms with E-state index in [1.807, 2.05) is 6.07 Å². The van der Waals surface area contributed by atoms with Gasteiger partial charge in [0.1, 0.15) is 11.0 Å². The molecule has 0 saturated carbocycles. The van der Waals surface area contributed by atoms with Gasteiger partial charge in [-0.05, 0) is 44.1 Å². The van der Waals surface area contributed by atoms with Gasteiger partial charge in [-0.2, -0.15) is 0 Å². The number of carbonyl (C=O) groups is 1. The molecule has 0 unspecified atom stereocenters. The summed E-state index contributed by atoms with van der Waals surface area (Å²) in [5.41, 5.74) is 1.75. The average molecular weight is 329 g/mol. The maximum Gasteiger partial charge on any atom is 0.259 e. The third-order valence-electron chi connectivity index (χ3n) is 4.85. The van der Waals surface area contributed by atoms with Gasteiger partial charge in [-0.3, -0.25) is 9.69 Å². The number of nitrogens with zero attached hydrogens (tertiary/aromatic N) is 3. The van der Waals surface area contributed by atoms with Crippen LogP contribution in [-0.2, 0) is 5.41 Å². The highest BCUT2D eigenvalue weighted by Crippen LogP contribution is 2.45. The summed E-state index contributed by atoms with van der Waals surface area (Å²) in [7, 11) is 0. The number of hydrogen-bond donors (Lipinski definition) is 1. The zero-order chi connectivity index (χ0) is 15.9. The topological polar surface area (TPSA) is 58.1 Å². The lowest BCUT2D eigenvalue weighted by molar-refractivity contribution is 0.0982. The molecule has 1 fully saturated rings. The first-order valence-electron chi connectivity index (χ1n) is 7.79. The Morgan fingerprint density at radius 1 is 1.22 bits per heavy atom. The zero-order valence-corrected chi connectivity index (χ0v) is 13.4. The molecule has 0 bridgehead atoms. The quantitative estimate of drug-likeness (QED) is 0.817. The van der Waals surface area contributed by atoms with E-state index in [0.29, 0.717) is 17.3 Å². The van der Waals surface area contributed by atoms with Crippen molar-refractivity contribution in [2.24, 2.45) is 0 Å². The van der Waals surface area contributed by atoms with Crippen LogP contribution in [0.2, 0.25) is 5.15 Å². The van der Waals surface area contributed by atoms with E-state index in [9.17, 15) is 4.79 Å². The van der Waals surface area contributed by atoms with Gasteiger partial charge in [-0.15, -0.1) is 0 Å². The van der Waals surface area contributed by atoms with Crippen LogP contribution in [0.5, 0.6) is 0 Å². The first-order valence-corrected chi connectivity index (χ1v) is 8.17. The lowest BCUT2D eigenvalue weighted by Crippen LogP contribution is -2.44. The molecular formula is C17H17ClN4O. The van der Waals surface area contributed by atoms with Crippen molar-refractivity contribution in [3.05, 3.63) is 52.9 Å². The van der Waals surface area contributed by atoms with Gasteiger partial charge in [-0.1, -0.05) is 17.7 Å². The summed E-state index contributed by atoms with van der Waals surface area (Å²) >= 11 is 5.93. The molecule has 4 rings (SSSR count). The molecule has 0 aromatic carbocycles. The molecule has 5 nitrogen and oxygen atoms in total. The van der Waals surface area contributed by atoms with E-state index in [-0.39, 0.29) is 11.3 Å². The molecule has 118 valence electrons. The number of anilines is 1. The number of fused-ring (bicyclic) bond motifs is 2. The van der Waals surface area contributed by atoms with E-state index >= 15 is 0 Å². The summed E-state index contributed by atoms with van der Waals surface area (Å²) in [4.78, 5) is 23.2. The van der Waals surface area contributed by atoms with Gasteiger partial charge in [0.25, 0.3) is 5.91 Å². The molecule has 6 heteroatoms. The summed E-state index contributed by atoms with van der Waals surface area (Å²) in [6.07, 6.45) is 5.35. The van der Waals surface area contributed by atoms with E-state index in [2.05, 4.69) is 21.4 Å². The van der Waals surface area contributed by atoms with E-state index in [4.69, 9.17) is 11.6 Å². The number of hydrogen-bond acceptors (Lipinski definition) is 4. The average Bonchev–Trinajstić information content (AvgIpc) is 2.90. The molecule has 23 heavy (non-hydrogen) atoms. The van der Waals surface area contributed by atoms with Crippen LogP contribution in [0, 0.1) is 0 Å². The van der Waals surface area contributed by atoms with Gasteiger partial charge < -0.3 is 5.32 Å².